The van der Waals surface area contributed by atoms with Crippen molar-refractivity contribution in [3.8, 4) is 0 Å². The van der Waals surface area contributed by atoms with E-state index in [1.54, 1.807) is 28.3 Å². The molecule has 0 radical (unpaired) electrons. The molecule has 1 aromatic rings. The highest BCUT2D eigenvalue weighted by atomic mass is 32.2. The summed E-state index contributed by atoms with van der Waals surface area (Å²) < 4.78 is 24.5. The first-order valence-corrected chi connectivity index (χ1v) is 11.0. The van der Waals surface area contributed by atoms with Crippen LogP contribution in [0.5, 0.6) is 0 Å². The zero-order valence-electron chi connectivity index (χ0n) is 14.6. The lowest BCUT2D eigenvalue weighted by atomic mass is 9.83. The molecule has 4 rings (SSSR count). The third-order valence-corrected chi connectivity index (χ3v) is 7.51. The van der Waals surface area contributed by atoms with E-state index >= 15 is 0 Å². The summed E-state index contributed by atoms with van der Waals surface area (Å²) in [5.41, 5.74) is 0.808. The zero-order chi connectivity index (χ0) is 18.3. The standard InChI is InChI=1S/C18H23N3O4S/c22-17(9-13-3-2-6-19-10-13)20-7-8-21(18(23)14-4-1-5-14)16-12-26(24,25)11-15(16)20/h2-3,6,10,14-16H,1,4-5,7-9,11-12H2. The van der Waals surface area contributed by atoms with Gasteiger partial charge in [-0.2, -0.15) is 0 Å². The molecule has 3 fully saturated rings. The molecular weight excluding hydrogens is 354 g/mol. The molecule has 140 valence electrons. The van der Waals surface area contributed by atoms with Crippen LogP contribution in [0, 0.1) is 5.92 Å². The third kappa shape index (κ3) is 3.22. The van der Waals surface area contributed by atoms with Gasteiger partial charge in [0.15, 0.2) is 9.84 Å². The maximum absolute atomic E-state index is 12.8. The Balaban J connectivity index is 1.53. The number of aromatic nitrogens is 1. The van der Waals surface area contributed by atoms with Gasteiger partial charge in [0.25, 0.3) is 0 Å². The lowest BCUT2D eigenvalue weighted by Gasteiger charge is -2.45. The predicted molar refractivity (Wildman–Crippen MR) is 94.9 cm³/mol. The number of piperazine rings is 1. The van der Waals surface area contributed by atoms with Gasteiger partial charge in [-0.05, 0) is 24.5 Å². The van der Waals surface area contributed by atoms with E-state index in [1.807, 2.05) is 6.07 Å². The fraction of sp³-hybridized carbons (Fsp3) is 0.611. The van der Waals surface area contributed by atoms with Crippen LogP contribution in [0.3, 0.4) is 0 Å². The number of rotatable bonds is 3. The SMILES string of the molecule is O=C(Cc1cccnc1)N1CCN(C(=O)C2CCC2)C2CS(=O)(=O)CC21. The largest absolute Gasteiger partial charge is 0.335 e. The summed E-state index contributed by atoms with van der Waals surface area (Å²) >= 11 is 0. The molecule has 1 aromatic heterocycles. The van der Waals surface area contributed by atoms with Crippen molar-refractivity contribution in [2.45, 2.75) is 37.8 Å². The number of fused-ring (bicyclic) bond motifs is 1. The summed E-state index contributed by atoms with van der Waals surface area (Å²) in [6, 6.07) is 2.78. The van der Waals surface area contributed by atoms with E-state index < -0.39 is 21.9 Å². The number of amides is 2. The van der Waals surface area contributed by atoms with Crippen LogP contribution in [0.2, 0.25) is 0 Å². The maximum atomic E-state index is 12.8. The van der Waals surface area contributed by atoms with Gasteiger partial charge >= 0.3 is 0 Å². The van der Waals surface area contributed by atoms with Crippen LogP contribution < -0.4 is 0 Å². The van der Waals surface area contributed by atoms with Crippen molar-refractivity contribution >= 4 is 21.7 Å². The highest BCUT2D eigenvalue weighted by molar-refractivity contribution is 7.91. The van der Waals surface area contributed by atoms with Crippen LogP contribution in [0.15, 0.2) is 24.5 Å². The number of hydrogen-bond acceptors (Lipinski definition) is 5. The lowest BCUT2D eigenvalue weighted by Crippen LogP contribution is -2.63. The molecule has 0 bridgehead atoms. The predicted octanol–water partition coefficient (Wildman–Crippen LogP) is 0.261. The maximum Gasteiger partial charge on any atom is 0.227 e. The normalized spacial score (nSPS) is 27.7. The first kappa shape index (κ1) is 17.5. The minimum atomic E-state index is -3.25. The number of carbonyl (C=O) groups excluding carboxylic acids is 2. The van der Waals surface area contributed by atoms with Gasteiger partial charge in [0.2, 0.25) is 11.8 Å². The van der Waals surface area contributed by atoms with Gasteiger partial charge in [-0.25, -0.2) is 8.42 Å². The average Bonchev–Trinajstić information content (AvgIpc) is 2.87. The molecule has 2 aliphatic heterocycles. The van der Waals surface area contributed by atoms with Gasteiger partial charge in [0, 0.05) is 31.4 Å². The van der Waals surface area contributed by atoms with Crippen molar-refractivity contribution in [2.75, 3.05) is 24.6 Å². The highest BCUT2D eigenvalue weighted by Crippen LogP contribution is 2.33. The molecule has 0 N–H and O–H groups in total. The summed E-state index contributed by atoms with van der Waals surface area (Å²) in [4.78, 5) is 33.0. The van der Waals surface area contributed by atoms with E-state index in [9.17, 15) is 18.0 Å². The zero-order valence-corrected chi connectivity index (χ0v) is 15.4. The fourth-order valence-electron chi connectivity index (χ4n) is 4.20. The molecule has 0 spiro atoms. The number of carbonyl (C=O) groups is 2. The van der Waals surface area contributed by atoms with Gasteiger partial charge in [0.1, 0.15) is 0 Å². The first-order chi connectivity index (χ1) is 12.4. The second kappa shape index (κ2) is 6.64. The van der Waals surface area contributed by atoms with Crippen molar-refractivity contribution < 1.29 is 18.0 Å². The molecule has 2 amide bonds. The van der Waals surface area contributed by atoms with E-state index in [0.29, 0.717) is 13.1 Å². The smallest absolute Gasteiger partial charge is 0.227 e. The Kier molecular flexibility index (Phi) is 4.46. The Morgan fingerprint density at radius 2 is 1.81 bits per heavy atom. The van der Waals surface area contributed by atoms with Crippen LogP contribution in [-0.4, -0.2) is 71.7 Å². The molecule has 2 atom stereocenters. The number of hydrogen-bond donors (Lipinski definition) is 0. The molecule has 0 aromatic carbocycles. The molecule has 26 heavy (non-hydrogen) atoms. The summed E-state index contributed by atoms with van der Waals surface area (Å²) in [5, 5.41) is 0. The molecule has 3 aliphatic rings. The topological polar surface area (TPSA) is 87.7 Å². The second-order valence-corrected chi connectivity index (χ2v) is 9.65. The Morgan fingerprint density at radius 3 is 2.42 bits per heavy atom. The summed E-state index contributed by atoms with van der Waals surface area (Å²) in [6.45, 7) is 0.818. The quantitative estimate of drug-likeness (QED) is 0.754. The van der Waals surface area contributed by atoms with Gasteiger partial charge < -0.3 is 9.80 Å². The molecule has 1 aliphatic carbocycles. The summed E-state index contributed by atoms with van der Waals surface area (Å²) in [5.74, 6) is -0.0716. The van der Waals surface area contributed by atoms with Crippen LogP contribution in [0.25, 0.3) is 0 Å². The van der Waals surface area contributed by atoms with Crippen molar-refractivity contribution in [3.05, 3.63) is 30.1 Å². The average molecular weight is 377 g/mol. The summed E-state index contributed by atoms with van der Waals surface area (Å²) in [6.07, 6.45) is 6.35. The van der Waals surface area contributed by atoms with Crippen molar-refractivity contribution in [1.82, 2.24) is 14.8 Å². The molecule has 3 heterocycles. The lowest BCUT2D eigenvalue weighted by molar-refractivity contribution is -0.149. The van der Waals surface area contributed by atoms with Crippen LogP contribution in [0.1, 0.15) is 24.8 Å². The Hall–Kier alpha value is -1.96. The molecule has 8 heteroatoms. The van der Waals surface area contributed by atoms with E-state index in [4.69, 9.17) is 0 Å². The minimum Gasteiger partial charge on any atom is -0.335 e. The molecule has 2 saturated heterocycles. The fourth-order valence-corrected chi connectivity index (χ4v) is 6.19. The third-order valence-electron chi connectivity index (χ3n) is 5.81. The number of pyridine rings is 1. The van der Waals surface area contributed by atoms with Gasteiger partial charge in [-0.15, -0.1) is 0 Å². The Bertz CT molecular complexity index is 807. The van der Waals surface area contributed by atoms with E-state index in [1.165, 1.54) is 0 Å². The van der Waals surface area contributed by atoms with Crippen LogP contribution >= 0.6 is 0 Å². The molecule has 2 unspecified atom stereocenters. The minimum absolute atomic E-state index is 0.0349. The van der Waals surface area contributed by atoms with E-state index in [2.05, 4.69) is 4.98 Å². The van der Waals surface area contributed by atoms with E-state index in [0.717, 1.165) is 24.8 Å². The van der Waals surface area contributed by atoms with Crippen molar-refractivity contribution in [3.63, 3.8) is 0 Å². The highest BCUT2D eigenvalue weighted by Gasteiger charge is 2.50. The molecular formula is C18H23N3O4S. The second-order valence-electron chi connectivity index (χ2n) is 7.50. The summed E-state index contributed by atoms with van der Waals surface area (Å²) in [7, 11) is -3.25. The van der Waals surface area contributed by atoms with Crippen LogP contribution in [-0.2, 0) is 25.8 Å². The van der Waals surface area contributed by atoms with Crippen molar-refractivity contribution in [2.24, 2.45) is 5.92 Å². The van der Waals surface area contributed by atoms with Gasteiger partial charge in [-0.1, -0.05) is 12.5 Å². The Labute approximate surface area is 153 Å². The van der Waals surface area contributed by atoms with Crippen molar-refractivity contribution in [1.29, 1.82) is 0 Å². The number of nitrogens with zero attached hydrogens (tertiary/aromatic N) is 3. The van der Waals surface area contributed by atoms with E-state index in [-0.39, 0.29) is 35.7 Å². The monoisotopic (exact) mass is 377 g/mol. The van der Waals surface area contributed by atoms with Gasteiger partial charge in [0.05, 0.1) is 30.0 Å². The Morgan fingerprint density at radius 1 is 1.12 bits per heavy atom. The molecule has 1 saturated carbocycles. The first-order valence-electron chi connectivity index (χ1n) is 9.14. The van der Waals surface area contributed by atoms with Crippen LogP contribution in [0.4, 0.5) is 0 Å². The number of sulfone groups is 1. The molecule has 7 nitrogen and oxygen atoms in total. The van der Waals surface area contributed by atoms with Gasteiger partial charge in [-0.3, -0.25) is 14.6 Å².